The van der Waals surface area contributed by atoms with Crippen molar-refractivity contribution in [1.29, 1.82) is 0 Å². The molecule has 4 heteroatoms. The van der Waals surface area contributed by atoms with Crippen LogP contribution in [0, 0.1) is 0 Å². The molecule has 3 nitrogen and oxygen atoms in total. The van der Waals surface area contributed by atoms with Crippen molar-refractivity contribution in [2.75, 3.05) is 19.5 Å². The molecule has 1 rings (SSSR count). The van der Waals surface area contributed by atoms with Crippen LogP contribution in [0.4, 0.5) is 0 Å². The molecule has 1 aliphatic heterocycles. The molecule has 0 radical (unpaired) electrons. The van der Waals surface area contributed by atoms with E-state index >= 15 is 0 Å². The van der Waals surface area contributed by atoms with Gasteiger partial charge in [0.1, 0.15) is 5.44 Å². The Bertz CT molecular complexity index is 78.3. The van der Waals surface area contributed by atoms with Crippen LogP contribution in [0.5, 0.6) is 0 Å². The van der Waals surface area contributed by atoms with Crippen molar-refractivity contribution in [3.05, 3.63) is 0 Å². The van der Waals surface area contributed by atoms with Gasteiger partial charge in [-0.2, -0.15) is 0 Å². The Balaban J connectivity index is 2.20. The summed E-state index contributed by atoms with van der Waals surface area (Å²) in [4.78, 5) is 0. The average Bonchev–Trinajstić information content (AvgIpc) is 2.34. The Morgan fingerprint density at radius 2 is 2.67 bits per heavy atom. The van der Waals surface area contributed by atoms with E-state index in [1.165, 1.54) is 0 Å². The third-order valence-corrected chi connectivity index (χ3v) is 2.23. The van der Waals surface area contributed by atoms with E-state index in [1.54, 1.807) is 18.9 Å². The molecule has 2 unspecified atom stereocenters. The monoisotopic (exact) mass is 150 g/mol. The number of methoxy groups -OCH3 is 1. The molecule has 0 aliphatic carbocycles. The quantitative estimate of drug-likeness (QED) is 0.603. The molecule has 9 heavy (non-hydrogen) atoms. The van der Waals surface area contributed by atoms with E-state index in [9.17, 15) is 0 Å². The smallest absolute Gasteiger partial charge is 0.167 e. The number of aliphatic hydroxyl groups is 1. The van der Waals surface area contributed by atoms with Crippen LogP contribution in [0.3, 0.4) is 0 Å². The molecule has 0 aromatic heterocycles. The third-order valence-electron chi connectivity index (χ3n) is 1.13. The van der Waals surface area contributed by atoms with Gasteiger partial charge in [-0.25, -0.2) is 0 Å². The summed E-state index contributed by atoms with van der Waals surface area (Å²) in [6, 6.07) is 0. The van der Waals surface area contributed by atoms with Crippen LogP contribution < -0.4 is 0 Å². The SMILES string of the molecule is COC1CSC(CO)O1. The Labute approximate surface area is 58.3 Å². The second-order valence-corrected chi connectivity index (χ2v) is 2.94. The van der Waals surface area contributed by atoms with Crippen LogP contribution in [0.2, 0.25) is 0 Å². The molecule has 1 heterocycles. The van der Waals surface area contributed by atoms with Gasteiger partial charge in [-0.05, 0) is 0 Å². The Morgan fingerprint density at radius 3 is 3.00 bits per heavy atom. The fraction of sp³-hybridized carbons (Fsp3) is 1.00. The predicted molar refractivity (Wildman–Crippen MR) is 35.2 cm³/mol. The lowest BCUT2D eigenvalue weighted by molar-refractivity contribution is -0.113. The van der Waals surface area contributed by atoms with Gasteiger partial charge in [0, 0.05) is 12.9 Å². The molecule has 0 aromatic rings. The zero-order chi connectivity index (χ0) is 6.69. The molecule has 0 spiro atoms. The first kappa shape index (κ1) is 7.34. The van der Waals surface area contributed by atoms with E-state index in [0.29, 0.717) is 0 Å². The van der Waals surface area contributed by atoms with Gasteiger partial charge >= 0.3 is 0 Å². The summed E-state index contributed by atoms with van der Waals surface area (Å²) in [5.74, 6) is 0.821. The van der Waals surface area contributed by atoms with Gasteiger partial charge in [-0.15, -0.1) is 11.8 Å². The minimum Gasteiger partial charge on any atom is -0.393 e. The lowest BCUT2D eigenvalue weighted by atomic mass is 10.7. The second-order valence-electron chi connectivity index (χ2n) is 1.75. The first-order valence-electron chi connectivity index (χ1n) is 2.77. The van der Waals surface area contributed by atoms with Gasteiger partial charge in [0.25, 0.3) is 0 Å². The van der Waals surface area contributed by atoms with E-state index < -0.39 is 0 Å². The predicted octanol–water partition coefficient (Wildman–Crippen LogP) is 0.0407. The Morgan fingerprint density at radius 1 is 1.89 bits per heavy atom. The van der Waals surface area contributed by atoms with Gasteiger partial charge in [0.05, 0.1) is 6.61 Å². The molecule has 0 aromatic carbocycles. The molecule has 1 aliphatic rings. The summed E-state index contributed by atoms with van der Waals surface area (Å²) in [7, 11) is 1.60. The molecular weight excluding hydrogens is 140 g/mol. The molecule has 1 fully saturated rings. The standard InChI is InChI=1S/C5H10O3S/c1-7-4-3-9-5(2-6)8-4/h4-6H,2-3H2,1H3. The number of thioether (sulfide) groups is 1. The Kier molecular flexibility index (Phi) is 2.78. The zero-order valence-electron chi connectivity index (χ0n) is 5.24. The van der Waals surface area contributed by atoms with E-state index in [2.05, 4.69) is 0 Å². The summed E-state index contributed by atoms with van der Waals surface area (Å²) < 4.78 is 10.0. The van der Waals surface area contributed by atoms with Crippen LogP contribution in [-0.4, -0.2) is 36.3 Å². The van der Waals surface area contributed by atoms with Gasteiger partial charge in [0.2, 0.25) is 0 Å². The molecule has 54 valence electrons. The van der Waals surface area contributed by atoms with Crippen molar-refractivity contribution in [1.82, 2.24) is 0 Å². The van der Waals surface area contributed by atoms with Crippen LogP contribution in [0.15, 0.2) is 0 Å². The molecular formula is C5H10O3S. The third kappa shape index (κ3) is 1.82. The molecule has 1 saturated heterocycles. The van der Waals surface area contributed by atoms with Crippen molar-refractivity contribution < 1.29 is 14.6 Å². The summed E-state index contributed by atoms with van der Waals surface area (Å²) >= 11 is 1.58. The van der Waals surface area contributed by atoms with Crippen LogP contribution in [0.25, 0.3) is 0 Å². The fourth-order valence-corrected chi connectivity index (χ4v) is 1.55. The number of hydrogen-bond acceptors (Lipinski definition) is 4. The largest absolute Gasteiger partial charge is 0.393 e. The number of ether oxygens (including phenoxy) is 2. The highest BCUT2D eigenvalue weighted by Crippen LogP contribution is 2.24. The van der Waals surface area contributed by atoms with Crippen molar-refractivity contribution >= 4 is 11.8 Å². The summed E-state index contributed by atoms with van der Waals surface area (Å²) in [6.45, 7) is 0.0739. The highest BCUT2D eigenvalue weighted by atomic mass is 32.2. The highest BCUT2D eigenvalue weighted by Gasteiger charge is 2.24. The summed E-state index contributed by atoms with van der Waals surface area (Å²) in [6.07, 6.45) is -0.118. The lowest BCUT2D eigenvalue weighted by Gasteiger charge is -2.07. The molecule has 0 bridgehead atoms. The summed E-state index contributed by atoms with van der Waals surface area (Å²) in [5, 5.41) is 8.58. The van der Waals surface area contributed by atoms with E-state index in [-0.39, 0.29) is 18.3 Å². The number of rotatable bonds is 2. The normalized spacial score (nSPS) is 35.3. The first-order chi connectivity index (χ1) is 4.36. The molecule has 0 saturated carbocycles. The van der Waals surface area contributed by atoms with Crippen molar-refractivity contribution in [2.24, 2.45) is 0 Å². The maximum atomic E-state index is 8.58. The van der Waals surface area contributed by atoms with E-state index in [4.69, 9.17) is 14.6 Å². The topological polar surface area (TPSA) is 38.7 Å². The first-order valence-corrected chi connectivity index (χ1v) is 3.82. The number of hydrogen-bond donors (Lipinski definition) is 1. The van der Waals surface area contributed by atoms with Crippen molar-refractivity contribution in [3.63, 3.8) is 0 Å². The van der Waals surface area contributed by atoms with E-state index in [1.807, 2.05) is 0 Å². The molecule has 0 amide bonds. The molecule has 1 N–H and O–H groups in total. The molecule has 2 atom stereocenters. The van der Waals surface area contributed by atoms with Gasteiger partial charge in [-0.3, -0.25) is 0 Å². The van der Waals surface area contributed by atoms with Gasteiger partial charge in [-0.1, -0.05) is 0 Å². The van der Waals surface area contributed by atoms with Gasteiger partial charge < -0.3 is 14.6 Å². The van der Waals surface area contributed by atoms with E-state index in [0.717, 1.165) is 5.75 Å². The van der Waals surface area contributed by atoms with Crippen molar-refractivity contribution in [2.45, 2.75) is 11.7 Å². The number of aliphatic hydroxyl groups excluding tert-OH is 1. The second kappa shape index (κ2) is 3.41. The van der Waals surface area contributed by atoms with Crippen LogP contribution in [-0.2, 0) is 9.47 Å². The average molecular weight is 150 g/mol. The Hall–Kier alpha value is 0.230. The zero-order valence-corrected chi connectivity index (χ0v) is 6.06. The minimum absolute atomic E-state index is 0.0739. The van der Waals surface area contributed by atoms with Crippen LogP contribution in [0.1, 0.15) is 0 Å². The van der Waals surface area contributed by atoms with Gasteiger partial charge in [0.15, 0.2) is 6.29 Å². The van der Waals surface area contributed by atoms with Crippen LogP contribution >= 0.6 is 11.8 Å². The fourth-order valence-electron chi connectivity index (χ4n) is 0.653. The lowest BCUT2D eigenvalue weighted by Crippen LogP contribution is -2.15. The minimum atomic E-state index is -0.118. The summed E-state index contributed by atoms with van der Waals surface area (Å²) in [5.41, 5.74) is -0.0741. The van der Waals surface area contributed by atoms with Crippen molar-refractivity contribution in [3.8, 4) is 0 Å². The maximum absolute atomic E-state index is 8.58. The highest BCUT2D eigenvalue weighted by molar-refractivity contribution is 8.00. The maximum Gasteiger partial charge on any atom is 0.167 e.